The molecule has 0 amide bonds. The summed E-state index contributed by atoms with van der Waals surface area (Å²) in [5, 5.41) is 0. The van der Waals surface area contributed by atoms with Crippen LogP contribution in [0.5, 0.6) is 0 Å². The number of ether oxygens (including phenoxy) is 1. The van der Waals surface area contributed by atoms with Gasteiger partial charge in [-0.2, -0.15) is 0 Å². The molecule has 2 N–H and O–H groups in total. The van der Waals surface area contributed by atoms with Gasteiger partial charge in [-0.3, -0.25) is 0 Å². The van der Waals surface area contributed by atoms with E-state index in [9.17, 15) is 0 Å². The van der Waals surface area contributed by atoms with Gasteiger partial charge in [-0.25, -0.2) is 0 Å². The van der Waals surface area contributed by atoms with Crippen LogP contribution in [0.1, 0.15) is 26.2 Å². The van der Waals surface area contributed by atoms with Crippen molar-refractivity contribution in [3.05, 3.63) is 0 Å². The van der Waals surface area contributed by atoms with Crippen LogP contribution in [-0.2, 0) is 4.74 Å². The van der Waals surface area contributed by atoms with E-state index in [1.807, 2.05) is 0 Å². The summed E-state index contributed by atoms with van der Waals surface area (Å²) in [6.45, 7) is 6.27. The predicted molar refractivity (Wildman–Crippen MR) is 59.3 cm³/mol. The lowest BCUT2D eigenvalue weighted by Gasteiger charge is -2.21. The van der Waals surface area contributed by atoms with Gasteiger partial charge in [-0.05, 0) is 38.3 Å². The van der Waals surface area contributed by atoms with E-state index in [1.54, 1.807) is 7.11 Å². The third-order valence-electron chi connectivity index (χ3n) is 3.07. The molecule has 1 rings (SSSR count). The highest BCUT2D eigenvalue weighted by molar-refractivity contribution is 4.84. The Morgan fingerprint density at radius 3 is 2.64 bits per heavy atom. The summed E-state index contributed by atoms with van der Waals surface area (Å²) < 4.78 is 5.07. The fourth-order valence-corrected chi connectivity index (χ4v) is 1.74. The number of nitrogens with zero attached hydrogens (tertiary/aromatic N) is 1. The van der Waals surface area contributed by atoms with Crippen molar-refractivity contribution in [2.45, 2.75) is 32.2 Å². The van der Waals surface area contributed by atoms with Crippen LogP contribution in [0.25, 0.3) is 0 Å². The molecule has 1 unspecified atom stereocenters. The minimum absolute atomic E-state index is 0.437. The number of likely N-dealkylation sites (N-methyl/N-ethyl adjacent to an activating group) is 1. The molecule has 1 aliphatic rings. The highest BCUT2D eigenvalue weighted by Gasteiger charge is 2.28. The largest absolute Gasteiger partial charge is 0.383 e. The SMILES string of the molecule is CCN(CCOC)CCC(N)C1CC1. The second-order valence-electron chi connectivity index (χ2n) is 4.22. The van der Waals surface area contributed by atoms with E-state index in [1.165, 1.54) is 12.8 Å². The summed E-state index contributed by atoms with van der Waals surface area (Å²) in [5.74, 6) is 0.830. The Hall–Kier alpha value is -0.120. The fraction of sp³-hybridized carbons (Fsp3) is 1.00. The maximum absolute atomic E-state index is 6.05. The topological polar surface area (TPSA) is 38.5 Å². The summed E-state index contributed by atoms with van der Waals surface area (Å²) >= 11 is 0. The molecule has 0 heterocycles. The smallest absolute Gasteiger partial charge is 0.0589 e. The summed E-state index contributed by atoms with van der Waals surface area (Å²) in [6, 6.07) is 0.437. The number of rotatable bonds is 8. The Morgan fingerprint density at radius 2 is 2.14 bits per heavy atom. The first-order valence-electron chi connectivity index (χ1n) is 5.74. The molecule has 3 nitrogen and oxygen atoms in total. The molecule has 0 aromatic rings. The summed E-state index contributed by atoms with van der Waals surface area (Å²) in [4.78, 5) is 2.41. The summed E-state index contributed by atoms with van der Waals surface area (Å²) in [6.07, 6.45) is 3.85. The lowest BCUT2D eigenvalue weighted by Crippen LogP contribution is -2.33. The zero-order valence-electron chi connectivity index (χ0n) is 9.54. The average molecular weight is 200 g/mol. The molecule has 0 radical (unpaired) electrons. The zero-order chi connectivity index (χ0) is 10.4. The maximum atomic E-state index is 6.05. The highest BCUT2D eigenvalue weighted by Crippen LogP contribution is 2.32. The Bertz CT molecular complexity index is 148. The molecule has 0 spiro atoms. The van der Waals surface area contributed by atoms with Crippen LogP contribution >= 0.6 is 0 Å². The molecule has 0 saturated heterocycles. The third-order valence-corrected chi connectivity index (χ3v) is 3.07. The van der Waals surface area contributed by atoms with Gasteiger partial charge in [0, 0.05) is 19.7 Å². The first-order valence-corrected chi connectivity index (χ1v) is 5.74. The van der Waals surface area contributed by atoms with Gasteiger partial charge < -0.3 is 15.4 Å². The van der Waals surface area contributed by atoms with Crippen LogP contribution in [0.3, 0.4) is 0 Å². The number of nitrogens with two attached hydrogens (primary N) is 1. The highest BCUT2D eigenvalue weighted by atomic mass is 16.5. The van der Waals surface area contributed by atoms with E-state index in [4.69, 9.17) is 10.5 Å². The van der Waals surface area contributed by atoms with Crippen molar-refractivity contribution >= 4 is 0 Å². The molecule has 0 aromatic carbocycles. The Kier molecular flexibility index (Phi) is 5.45. The fourth-order valence-electron chi connectivity index (χ4n) is 1.74. The Balaban J connectivity index is 2.06. The van der Waals surface area contributed by atoms with Crippen LogP contribution < -0.4 is 5.73 Å². The Labute approximate surface area is 87.6 Å². The molecule has 1 atom stereocenters. The Morgan fingerprint density at radius 1 is 1.43 bits per heavy atom. The van der Waals surface area contributed by atoms with Crippen LogP contribution in [0, 0.1) is 5.92 Å². The van der Waals surface area contributed by atoms with Crippen molar-refractivity contribution in [2.24, 2.45) is 11.7 Å². The first-order chi connectivity index (χ1) is 6.77. The molecule has 3 heteroatoms. The predicted octanol–water partition coefficient (Wildman–Crippen LogP) is 1.08. The van der Waals surface area contributed by atoms with Crippen LogP contribution in [0.2, 0.25) is 0 Å². The third kappa shape index (κ3) is 4.40. The van der Waals surface area contributed by atoms with E-state index < -0.39 is 0 Å². The van der Waals surface area contributed by atoms with Crippen molar-refractivity contribution in [1.29, 1.82) is 0 Å². The van der Waals surface area contributed by atoms with Gasteiger partial charge in [0.2, 0.25) is 0 Å². The van der Waals surface area contributed by atoms with E-state index in [2.05, 4.69) is 11.8 Å². The van der Waals surface area contributed by atoms with Crippen molar-refractivity contribution in [3.8, 4) is 0 Å². The van der Waals surface area contributed by atoms with Crippen LogP contribution in [0.4, 0.5) is 0 Å². The van der Waals surface area contributed by atoms with Crippen molar-refractivity contribution in [3.63, 3.8) is 0 Å². The number of hydrogen-bond acceptors (Lipinski definition) is 3. The van der Waals surface area contributed by atoms with Crippen molar-refractivity contribution in [1.82, 2.24) is 4.90 Å². The maximum Gasteiger partial charge on any atom is 0.0589 e. The quantitative estimate of drug-likeness (QED) is 0.637. The number of hydrogen-bond donors (Lipinski definition) is 1. The average Bonchev–Trinajstić information content (AvgIpc) is 3.01. The molecular weight excluding hydrogens is 176 g/mol. The minimum atomic E-state index is 0.437. The van der Waals surface area contributed by atoms with Crippen LogP contribution in [0.15, 0.2) is 0 Å². The molecular formula is C11H24N2O. The molecule has 1 aliphatic carbocycles. The summed E-state index contributed by atoms with van der Waals surface area (Å²) in [7, 11) is 1.75. The summed E-state index contributed by atoms with van der Waals surface area (Å²) in [5.41, 5.74) is 6.05. The molecule has 1 saturated carbocycles. The van der Waals surface area contributed by atoms with E-state index in [0.29, 0.717) is 6.04 Å². The minimum Gasteiger partial charge on any atom is -0.383 e. The number of methoxy groups -OCH3 is 1. The monoisotopic (exact) mass is 200 g/mol. The first kappa shape index (κ1) is 12.0. The lowest BCUT2D eigenvalue weighted by atomic mass is 10.1. The van der Waals surface area contributed by atoms with Gasteiger partial charge in [0.1, 0.15) is 0 Å². The van der Waals surface area contributed by atoms with Gasteiger partial charge in [-0.1, -0.05) is 6.92 Å². The van der Waals surface area contributed by atoms with E-state index in [-0.39, 0.29) is 0 Å². The molecule has 0 aromatic heterocycles. The van der Waals surface area contributed by atoms with Crippen molar-refractivity contribution in [2.75, 3.05) is 33.4 Å². The van der Waals surface area contributed by atoms with Gasteiger partial charge in [0.05, 0.1) is 6.61 Å². The van der Waals surface area contributed by atoms with Gasteiger partial charge >= 0.3 is 0 Å². The van der Waals surface area contributed by atoms with Gasteiger partial charge in [-0.15, -0.1) is 0 Å². The van der Waals surface area contributed by atoms with Gasteiger partial charge in [0.15, 0.2) is 0 Å². The van der Waals surface area contributed by atoms with E-state index >= 15 is 0 Å². The van der Waals surface area contributed by atoms with Gasteiger partial charge in [0.25, 0.3) is 0 Å². The molecule has 84 valence electrons. The second-order valence-corrected chi connectivity index (χ2v) is 4.22. The molecule has 0 aliphatic heterocycles. The lowest BCUT2D eigenvalue weighted by molar-refractivity contribution is 0.148. The van der Waals surface area contributed by atoms with Crippen molar-refractivity contribution < 1.29 is 4.74 Å². The zero-order valence-corrected chi connectivity index (χ0v) is 9.54. The second kappa shape index (κ2) is 6.38. The molecule has 14 heavy (non-hydrogen) atoms. The molecule has 0 bridgehead atoms. The normalized spacial score (nSPS) is 18.9. The molecule has 1 fully saturated rings. The van der Waals surface area contributed by atoms with Crippen LogP contribution in [-0.4, -0.2) is 44.3 Å². The standard InChI is InChI=1S/C11H24N2O/c1-3-13(8-9-14-2)7-6-11(12)10-4-5-10/h10-11H,3-9,12H2,1-2H3. The van der Waals surface area contributed by atoms with E-state index in [0.717, 1.165) is 38.6 Å².